The van der Waals surface area contributed by atoms with E-state index in [2.05, 4.69) is 68.2 Å². The van der Waals surface area contributed by atoms with Crippen molar-refractivity contribution in [3.8, 4) is 23.2 Å². The van der Waals surface area contributed by atoms with Crippen LogP contribution in [-0.2, 0) is 25.8 Å². The van der Waals surface area contributed by atoms with Gasteiger partial charge < -0.3 is 28.8 Å². The molecule has 1 N–H and O–H groups in total. The van der Waals surface area contributed by atoms with E-state index in [1.807, 2.05) is 29.1 Å². The first-order chi connectivity index (χ1) is 20.9. The minimum atomic E-state index is -2.06. The average Bonchev–Trinajstić information content (AvgIpc) is 3.27. The van der Waals surface area contributed by atoms with Gasteiger partial charge in [0.2, 0.25) is 11.8 Å². The number of nitrogens with zero attached hydrogens (tertiary/aromatic N) is 5. The summed E-state index contributed by atoms with van der Waals surface area (Å²) in [6.07, 6.45) is 4.08. The third kappa shape index (κ3) is 7.12. The number of aromatic nitrogens is 3. The smallest absolute Gasteiger partial charge is 0.329 e. The summed E-state index contributed by atoms with van der Waals surface area (Å²) in [6.45, 7) is 14.9. The normalized spacial score (nSPS) is 16.3. The molecule has 0 spiro atoms. The second-order valence-electron chi connectivity index (χ2n) is 12.9. The van der Waals surface area contributed by atoms with Gasteiger partial charge in [0.05, 0.1) is 18.4 Å². The van der Waals surface area contributed by atoms with Gasteiger partial charge in [-0.1, -0.05) is 27.7 Å². The molecule has 1 aliphatic heterocycles. The zero-order chi connectivity index (χ0) is 32.1. The van der Waals surface area contributed by atoms with Gasteiger partial charge in [0, 0.05) is 55.4 Å². The van der Waals surface area contributed by atoms with Gasteiger partial charge in [-0.2, -0.15) is 5.26 Å². The van der Waals surface area contributed by atoms with E-state index in [9.17, 15) is 10.1 Å². The molecule has 231 valence electrons. The van der Waals surface area contributed by atoms with Crippen LogP contribution in [0.3, 0.4) is 0 Å². The molecule has 1 aliphatic rings. The number of anilines is 3. The number of benzene rings is 1. The van der Waals surface area contributed by atoms with Gasteiger partial charge in [0.15, 0.2) is 8.32 Å². The number of nitrogens with one attached hydrogen (secondary N) is 1. The van der Waals surface area contributed by atoms with E-state index in [0.29, 0.717) is 48.5 Å². The Morgan fingerprint density at radius 1 is 1.20 bits per heavy atom. The number of hydrogen-bond acceptors (Lipinski definition) is 10. The third-order valence-electron chi connectivity index (χ3n) is 8.58. The quantitative estimate of drug-likeness (QED) is 0.147. The Labute approximate surface area is 262 Å². The van der Waals surface area contributed by atoms with E-state index in [1.165, 1.54) is 7.41 Å². The minimum absolute atomic E-state index is 0.0476. The first-order valence-corrected chi connectivity index (χ1v) is 17.7. The molecular weight excluding hydrogens is 571 g/mol. The van der Waals surface area contributed by atoms with Crippen LogP contribution in [0.1, 0.15) is 50.9 Å². The molecular formula is C32H42BN6O4Si. The minimum Gasteiger partial charge on any atom is -0.480 e. The zero-order valence-corrected chi connectivity index (χ0v) is 28.0. The molecule has 0 saturated heterocycles. The largest absolute Gasteiger partial charge is 0.480 e. The fourth-order valence-electron chi connectivity index (χ4n) is 5.02. The zero-order valence-electron chi connectivity index (χ0n) is 27.0. The molecule has 2 aromatic heterocycles. The summed E-state index contributed by atoms with van der Waals surface area (Å²) in [4.78, 5) is 27.3. The van der Waals surface area contributed by atoms with Crippen LogP contribution in [0.15, 0.2) is 36.5 Å². The Morgan fingerprint density at radius 2 is 1.98 bits per heavy atom. The average molecular weight is 614 g/mol. The van der Waals surface area contributed by atoms with Crippen LogP contribution in [-0.4, -0.2) is 70.8 Å². The van der Waals surface area contributed by atoms with E-state index < -0.39 is 13.7 Å². The van der Waals surface area contributed by atoms with Crippen molar-refractivity contribution in [3.63, 3.8) is 0 Å². The van der Waals surface area contributed by atoms with Crippen molar-refractivity contribution in [2.45, 2.75) is 64.1 Å². The molecule has 12 heteroatoms. The SMILES string of the molecule is COCCCc1ccc(Nc2nccc(-c3cc(C#N)c4c(c3)[C@@](C)(CO[Si](C)(C)C(C)(C)C)CN4[B]C=O)n2)c(OC)n1. The van der Waals surface area contributed by atoms with Crippen LogP contribution in [0.4, 0.5) is 17.3 Å². The maximum atomic E-state index is 11.6. The Bertz CT molecular complexity index is 1540. The number of hydrogen-bond donors (Lipinski definition) is 1. The van der Waals surface area contributed by atoms with Gasteiger partial charge >= 0.3 is 7.41 Å². The van der Waals surface area contributed by atoms with Crippen molar-refractivity contribution in [3.05, 3.63) is 53.3 Å². The molecule has 0 aliphatic carbocycles. The molecule has 3 heterocycles. The molecule has 3 aromatic rings. The molecule has 44 heavy (non-hydrogen) atoms. The predicted molar refractivity (Wildman–Crippen MR) is 177 cm³/mol. The highest BCUT2D eigenvalue weighted by Gasteiger charge is 2.44. The molecule has 0 unspecified atom stereocenters. The lowest BCUT2D eigenvalue weighted by Gasteiger charge is -2.39. The van der Waals surface area contributed by atoms with Crippen LogP contribution < -0.4 is 14.9 Å². The lowest BCUT2D eigenvalue weighted by Crippen LogP contribution is -2.46. The van der Waals surface area contributed by atoms with E-state index in [-0.39, 0.29) is 5.04 Å². The fourth-order valence-corrected chi connectivity index (χ4v) is 6.14. The second kappa shape index (κ2) is 13.5. The highest BCUT2D eigenvalue weighted by atomic mass is 28.4. The van der Waals surface area contributed by atoms with E-state index in [0.717, 1.165) is 41.5 Å². The molecule has 0 bridgehead atoms. The Kier molecular flexibility index (Phi) is 10.1. The van der Waals surface area contributed by atoms with E-state index >= 15 is 0 Å². The van der Waals surface area contributed by atoms with E-state index in [1.54, 1.807) is 20.4 Å². The molecule has 10 nitrogen and oxygen atoms in total. The molecule has 1 radical (unpaired) electrons. The second-order valence-corrected chi connectivity index (χ2v) is 17.7. The predicted octanol–water partition coefficient (Wildman–Crippen LogP) is 5.65. The molecule has 1 aromatic carbocycles. The van der Waals surface area contributed by atoms with Gasteiger partial charge in [0.25, 0.3) is 0 Å². The fraction of sp³-hybridized carbons (Fsp3) is 0.469. The Morgan fingerprint density at radius 3 is 2.64 bits per heavy atom. The third-order valence-corrected chi connectivity index (χ3v) is 13.1. The standard InChI is InChI=1S/C32H42BN6O4Si/c1-31(2,3)44(7,8)43-20-32(4)19-39(33-21-40)28-23(18-34)16-22(17-25(28)32)26-13-14-35-30(37-26)38-27-12-11-24(10-9-15-41-5)36-29(27)42-6/h11-14,16-17,21H,9-10,15,19-20H2,1-8H3,(H,35,37,38)/t32-/m1/s1. The number of fused-ring (bicyclic) bond motifs is 1. The van der Waals surface area contributed by atoms with Crippen LogP contribution in [0.2, 0.25) is 18.1 Å². The number of methoxy groups -OCH3 is 2. The lowest BCUT2D eigenvalue weighted by atomic mass is 9.83. The number of rotatable bonds is 13. The summed E-state index contributed by atoms with van der Waals surface area (Å²) in [7, 11) is 2.70. The van der Waals surface area contributed by atoms with Crippen molar-refractivity contribution < 1.29 is 18.7 Å². The lowest BCUT2D eigenvalue weighted by molar-refractivity contribution is 0.195. The molecule has 1 atom stereocenters. The first-order valence-electron chi connectivity index (χ1n) is 14.8. The summed E-state index contributed by atoms with van der Waals surface area (Å²) in [5.74, 6) is 0.816. The monoisotopic (exact) mass is 613 g/mol. The van der Waals surface area contributed by atoms with Crippen molar-refractivity contribution in [1.82, 2.24) is 15.0 Å². The summed E-state index contributed by atoms with van der Waals surface area (Å²) >= 11 is 0. The van der Waals surface area contributed by atoms with Crippen LogP contribution in [0, 0.1) is 11.3 Å². The number of nitriles is 1. The number of ether oxygens (including phenoxy) is 2. The van der Waals surface area contributed by atoms with E-state index in [4.69, 9.17) is 18.9 Å². The number of carbonyl (C=O) groups is 1. The van der Waals surface area contributed by atoms with Gasteiger partial charge in [-0.3, -0.25) is 0 Å². The van der Waals surface area contributed by atoms with Gasteiger partial charge in [-0.25, -0.2) is 15.0 Å². The Balaban J connectivity index is 1.69. The molecule has 0 amide bonds. The summed E-state index contributed by atoms with van der Waals surface area (Å²) in [5.41, 5.74) is 4.67. The van der Waals surface area contributed by atoms with Gasteiger partial charge in [-0.05, 0) is 66.9 Å². The highest BCUT2D eigenvalue weighted by molar-refractivity contribution is 6.74. The number of pyridine rings is 1. The number of carbonyl (C=O) groups excluding carboxylic acids is 1. The molecule has 4 rings (SSSR count). The van der Waals surface area contributed by atoms with Gasteiger partial charge in [-0.15, -0.1) is 0 Å². The van der Waals surface area contributed by atoms with Crippen LogP contribution in [0.5, 0.6) is 5.88 Å². The summed E-state index contributed by atoms with van der Waals surface area (Å²) in [5, 5.41) is 13.5. The van der Waals surface area contributed by atoms with Crippen molar-refractivity contribution in [2.75, 3.05) is 44.1 Å². The molecule has 0 fully saturated rings. The van der Waals surface area contributed by atoms with Crippen LogP contribution in [0.25, 0.3) is 11.3 Å². The highest BCUT2D eigenvalue weighted by Crippen LogP contribution is 2.46. The Hall–Kier alpha value is -3.79. The van der Waals surface area contributed by atoms with Crippen LogP contribution >= 0.6 is 0 Å². The maximum Gasteiger partial charge on any atom is 0.329 e. The number of aryl methyl sites for hydroxylation is 1. The topological polar surface area (TPSA) is 122 Å². The van der Waals surface area contributed by atoms with Crippen molar-refractivity contribution >= 4 is 39.2 Å². The maximum absolute atomic E-state index is 11.6. The molecule has 0 saturated carbocycles. The summed E-state index contributed by atoms with van der Waals surface area (Å²) in [6, 6.07) is 11.9. The van der Waals surface area contributed by atoms with Crippen molar-refractivity contribution in [2.24, 2.45) is 0 Å². The summed E-state index contributed by atoms with van der Waals surface area (Å²) < 4.78 is 17.4. The first kappa shape index (κ1) is 33.1. The van der Waals surface area contributed by atoms with Crippen molar-refractivity contribution in [1.29, 1.82) is 5.26 Å². The van der Waals surface area contributed by atoms with Gasteiger partial charge in [0.1, 0.15) is 17.9 Å².